The lowest BCUT2D eigenvalue weighted by molar-refractivity contribution is 0.181. The van der Waals surface area contributed by atoms with Gasteiger partial charge in [0, 0.05) is 6.54 Å². The molecule has 0 aliphatic carbocycles. The number of unbranched alkanes of at least 4 members (excludes halogenated alkanes) is 2. The van der Waals surface area contributed by atoms with Crippen LogP contribution in [0.1, 0.15) is 19.3 Å². The zero-order valence-electron chi connectivity index (χ0n) is 8.50. The van der Waals surface area contributed by atoms with E-state index in [1.165, 1.54) is 0 Å². The van der Waals surface area contributed by atoms with Crippen LogP contribution in [0.25, 0.3) is 0 Å². The summed E-state index contributed by atoms with van der Waals surface area (Å²) >= 11 is 3.87. The molecule has 0 radical (unpaired) electrons. The molecule has 0 heterocycles. The molecule has 5 N–H and O–H groups in total. The first-order valence-electron chi connectivity index (χ1n) is 4.78. The van der Waals surface area contributed by atoms with Crippen molar-refractivity contribution in [3.8, 4) is 0 Å². The molecule has 0 aliphatic heterocycles. The van der Waals surface area contributed by atoms with Crippen LogP contribution in [0.3, 0.4) is 0 Å². The third-order valence-corrected chi connectivity index (χ3v) is 2.62. The Balaban J connectivity index is 3.32. The van der Waals surface area contributed by atoms with Gasteiger partial charge in [-0.15, -0.1) is 12.6 Å². The number of hydrogen-bond acceptors (Lipinski definition) is 5. The Morgan fingerprint density at radius 3 is 2.60 bits per heavy atom. The van der Waals surface area contributed by atoms with Gasteiger partial charge in [0.15, 0.2) is 0 Å². The van der Waals surface area contributed by atoms with Gasteiger partial charge in [-0.05, 0) is 25.9 Å². The van der Waals surface area contributed by atoms with Gasteiger partial charge in [-0.1, -0.05) is 6.42 Å². The Morgan fingerprint density at radius 2 is 2.07 bits per heavy atom. The van der Waals surface area contributed by atoms with Crippen molar-refractivity contribution in [2.45, 2.75) is 24.7 Å². The van der Waals surface area contributed by atoms with Crippen LogP contribution >= 0.6 is 20.5 Å². The molecule has 0 aromatic heterocycles. The molecule has 0 amide bonds. The Hall–Kier alpha value is 0.380. The second-order valence-electron chi connectivity index (χ2n) is 3.10. The van der Waals surface area contributed by atoms with Crippen LogP contribution in [-0.2, 0) is 9.09 Å². The van der Waals surface area contributed by atoms with Gasteiger partial charge < -0.3 is 20.8 Å². The van der Waals surface area contributed by atoms with E-state index in [9.17, 15) is 4.57 Å². The summed E-state index contributed by atoms with van der Waals surface area (Å²) < 4.78 is 14.7. The molecule has 0 fully saturated rings. The number of hydrogen-bond donors (Lipinski definition) is 5. The highest BCUT2D eigenvalue weighted by Gasteiger charge is 2.18. The first kappa shape index (κ1) is 15.4. The molecule has 92 valence electrons. The molecule has 0 spiro atoms. The fraction of sp³-hybridized carbons (Fsp3) is 1.00. The normalized spacial score (nSPS) is 14.1. The van der Waals surface area contributed by atoms with Gasteiger partial charge in [-0.25, -0.2) is 4.57 Å². The largest absolute Gasteiger partial charge is 0.470 e. The summed E-state index contributed by atoms with van der Waals surface area (Å²) in [6.45, 7) is 1.76. The average Bonchev–Trinajstić information content (AvgIpc) is 2.08. The van der Waals surface area contributed by atoms with Gasteiger partial charge in [0.25, 0.3) is 0 Å². The summed E-state index contributed by atoms with van der Waals surface area (Å²) in [5.41, 5.74) is 4.53. The molecule has 0 saturated carbocycles. The molecule has 0 saturated heterocycles. The van der Waals surface area contributed by atoms with Crippen LogP contribution in [0.2, 0.25) is 0 Å². The molecular formula is C7H19N2O4PS. The lowest BCUT2D eigenvalue weighted by Crippen LogP contribution is -2.25. The highest BCUT2D eigenvalue weighted by molar-refractivity contribution is 7.81. The van der Waals surface area contributed by atoms with Crippen molar-refractivity contribution in [3.63, 3.8) is 0 Å². The first-order valence-corrected chi connectivity index (χ1v) is 6.83. The molecule has 0 bridgehead atoms. The van der Waals surface area contributed by atoms with Crippen LogP contribution in [0, 0.1) is 0 Å². The molecule has 1 unspecified atom stereocenters. The Kier molecular flexibility index (Phi) is 8.74. The summed E-state index contributed by atoms with van der Waals surface area (Å²) in [4.78, 5) is 16.9. The third-order valence-electron chi connectivity index (χ3n) is 1.64. The Morgan fingerprint density at radius 1 is 1.40 bits per heavy atom. The summed E-state index contributed by atoms with van der Waals surface area (Å²) in [6.07, 6.45) is 3.01. The molecule has 0 aromatic carbocycles. The topological polar surface area (TPSA) is 105 Å². The number of nitrogens with one attached hydrogen (secondary N) is 1. The zero-order chi connectivity index (χ0) is 11.7. The minimum Gasteiger partial charge on any atom is -0.330 e. The van der Waals surface area contributed by atoms with Crippen LogP contribution < -0.4 is 11.1 Å². The van der Waals surface area contributed by atoms with Gasteiger partial charge >= 0.3 is 7.82 Å². The zero-order valence-corrected chi connectivity index (χ0v) is 10.3. The number of thiol groups is 1. The third kappa shape index (κ3) is 12.3. The first-order chi connectivity index (χ1) is 6.95. The fourth-order valence-electron chi connectivity index (χ4n) is 0.992. The smallest absolute Gasteiger partial charge is 0.330 e. The number of rotatable bonds is 9. The van der Waals surface area contributed by atoms with Gasteiger partial charge in [0.1, 0.15) is 5.44 Å². The number of phosphoric ester groups is 1. The van der Waals surface area contributed by atoms with E-state index < -0.39 is 13.3 Å². The molecule has 0 aliphatic rings. The molecule has 6 nitrogen and oxygen atoms in total. The van der Waals surface area contributed by atoms with Crippen molar-refractivity contribution in [3.05, 3.63) is 0 Å². The maximum atomic E-state index is 10.4. The van der Waals surface area contributed by atoms with Crippen molar-refractivity contribution in [2.75, 3.05) is 19.6 Å². The van der Waals surface area contributed by atoms with E-state index in [1.807, 2.05) is 0 Å². The van der Waals surface area contributed by atoms with E-state index in [-0.39, 0.29) is 0 Å². The van der Waals surface area contributed by atoms with Crippen LogP contribution in [0.4, 0.5) is 0 Å². The van der Waals surface area contributed by atoms with Crippen molar-refractivity contribution in [1.82, 2.24) is 5.32 Å². The van der Waals surface area contributed by atoms with Gasteiger partial charge in [-0.3, -0.25) is 4.52 Å². The van der Waals surface area contributed by atoms with E-state index >= 15 is 0 Å². The molecule has 0 rings (SSSR count). The maximum absolute atomic E-state index is 10.4. The molecule has 0 aromatic rings. The standard InChI is InChI=1S/C7H19N2O4PS/c8-4-2-1-3-5-9-6-7(15)13-14(10,11)12/h7,9,15H,1-6,8H2,(H2,10,11,12). The number of nitrogens with two attached hydrogens (primary N) is 1. The minimum atomic E-state index is -4.42. The lowest BCUT2D eigenvalue weighted by Gasteiger charge is -2.13. The van der Waals surface area contributed by atoms with Crippen LogP contribution in [0.5, 0.6) is 0 Å². The van der Waals surface area contributed by atoms with Crippen LogP contribution in [-0.4, -0.2) is 34.9 Å². The monoisotopic (exact) mass is 258 g/mol. The second-order valence-corrected chi connectivity index (χ2v) is 4.87. The number of phosphoric acid groups is 1. The minimum absolute atomic E-state index is 0.302. The highest BCUT2D eigenvalue weighted by atomic mass is 32.1. The molecule has 8 heteroatoms. The SMILES string of the molecule is NCCCCCNCC(S)OP(=O)(O)O. The predicted octanol–water partition coefficient (Wildman–Crippen LogP) is 0.0702. The Labute approximate surface area is 95.2 Å². The maximum Gasteiger partial charge on any atom is 0.470 e. The fourth-order valence-corrected chi connectivity index (χ4v) is 1.88. The summed E-state index contributed by atoms with van der Waals surface area (Å²) in [7, 11) is -4.42. The molecule has 15 heavy (non-hydrogen) atoms. The van der Waals surface area contributed by atoms with Crippen molar-refractivity contribution in [2.24, 2.45) is 5.73 Å². The van der Waals surface area contributed by atoms with Gasteiger partial charge in [0.05, 0.1) is 0 Å². The van der Waals surface area contributed by atoms with Crippen molar-refractivity contribution >= 4 is 20.5 Å². The van der Waals surface area contributed by atoms with E-state index in [2.05, 4.69) is 22.5 Å². The highest BCUT2D eigenvalue weighted by Crippen LogP contribution is 2.38. The van der Waals surface area contributed by atoms with E-state index in [0.717, 1.165) is 25.8 Å². The molecule has 1 atom stereocenters. The molecular weight excluding hydrogens is 239 g/mol. The summed E-state index contributed by atoms with van der Waals surface area (Å²) in [6, 6.07) is 0. The van der Waals surface area contributed by atoms with E-state index in [1.54, 1.807) is 0 Å². The Bertz CT molecular complexity index is 201. The lowest BCUT2D eigenvalue weighted by atomic mass is 10.2. The van der Waals surface area contributed by atoms with Gasteiger partial charge in [0.2, 0.25) is 0 Å². The second kappa shape index (κ2) is 8.52. The van der Waals surface area contributed by atoms with Crippen molar-refractivity contribution in [1.29, 1.82) is 0 Å². The summed E-state index contributed by atoms with van der Waals surface area (Å²) in [5.74, 6) is 0. The van der Waals surface area contributed by atoms with Crippen molar-refractivity contribution < 1.29 is 18.9 Å². The van der Waals surface area contributed by atoms with E-state index in [0.29, 0.717) is 13.1 Å². The summed E-state index contributed by atoms with van der Waals surface area (Å²) in [5, 5.41) is 2.98. The van der Waals surface area contributed by atoms with Gasteiger partial charge in [-0.2, -0.15) is 0 Å². The van der Waals surface area contributed by atoms with Crippen LogP contribution in [0.15, 0.2) is 0 Å². The average molecular weight is 258 g/mol. The van der Waals surface area contributed by atoms with E-state index in [4.69, 9.17) is 15.5 Å². The quantitative estimate of drug-likeness (QED) is 0.173. The predicted molar refractivity (Wildman–Crippen MR) is 61.7 cm³/mol.